The van der Waals surface area contributed by atoms with Crippen LogP contribution >= 0.6 is 0 Å². The van der Waals surface area contributed by atoms with Gasteiger partial charge in [-0.1, -0.05) is 166 Å². The van der Waals surface area contributed by atoms with Crippen molar-refractivity contribution >= 4 is 87.1 Å². The van der Waals surface area contributed by atoms with Crippen LogP contribution in [0.25, 0.3) is 53.9 Å². The lowest BCUT2D eigenvalue weighted by molar-refractivity contribution is 0.470. The molecule has 0 spiro atoms. The van der Waals surface area contributed by atoms with Gasteiger partial charge in [-0.25, -0.2) is 0 Å². The van der Waals surface area contributed by atoms with Crippen molar-refractivity contribution in [1.82, 2.24) is 0 Å². The van der Waals surface area contributed by atoms with Gasteiger partial charge < -0.3 is 17.7 Å². The molecular formula is C62H92O8Si4. The molecule has 6 aromatic carbocycles. The standard InChI is InChI=1S/C62H92O8Si4/c1-33(2)71(34(3)4,35(5)6)67-53-29-45-49(63)25-27-51(65)57(45)59-47(53)31-55(69-73(39(13)14,40(15)16)41(17)18)61-56(70-74(42(19)20,43(21)22)44(23)24)32-48-54(68-72(36(7)8,37(9)10)38(11)12)30-46-50(64)26-28-52(66)58(46)60(48)62(59)61/h25-44H,1-24H3. The number of benzene rings is 6. The molecule has 6 aromatic rings. The maximum atomic E-state index is 15.1. The maximum absolute atomic E-state index is 15.1. The maximum Gasteiger partial charge on any atom is 0.258 e. The van der Waals surface area contributed by atoms with Crippen LogP contribution in [0.4, 0.5) is 0 Å². The summed E-state index contributed by atoms with van der Waals surface area (Å²) in [4.78, 5) is 59.5. The first-order valence-electron chi connectivity index (χ1n) is 28.2. The average Bonchev–Trinajstić information content (AvgIpc) is 3.28. The van der Waals surface area contributed by atoms with Crippen molar-refractivity contribution in [3.05, 3.63) is 89.4 Å². The topological polar surface area (TPSA) is 105 Å². The second-order valence-corrected chi connectivity index (χ2v) is 47.2. The second-order valence-electron chi connectivity index (χ2n) is 25.7. The molecule has 0 aliphatic carbocycles. The fourth-order valence-corrected chi connectivity index (χ4v) is 36.4. The van der Waals surface area contributed by atoms with E-state index in [4.69, 9.17) is 17.7 Å². The van der Waals surface area contributed by atoms with Gasteiger partial charge in [0.1, 0.15) is 23.0 Å². The van der Waals surface area contributed by atoms with E-state index in [-0.39, 0.29) is 110 Å². The van der Waals surface area contributed by atoms with Gasteiger partial charge in [0.2, 0.25) is 0 Å². The predicted molar refractivity (Wildman–Crippen MR) is 328 cm³/mol. The normalized spacial score (nSPS) is 13.7. The molecule has 0 aromatic heterocycles. The van der Waals surface area contributed by atoms with E-state index < -0.39 is 33.3 Å². The summed E-state index contributed by atoms with van der Waals surface area (Å²) in [5, 5.41) is 4.36. The van der Waals surface area contributed by atoms with Crippen molar-refractivity contribution in [3.63, 3.8) is 0 Å². The molecule has 74 heavy (non-hydrogen) atoms. The van der Waals surface area contributed by atoms with E-state index in [1.807, 2.05) is 12.1 Å². The SMILES string of the molecule is CC(C)[Si](Oc1cc2c(=O)ccc(=O)c2c2c1cc(O[Si](C(C)C)(C(C)C)C(C)C)c1c(O[Si](C(C)C)(C(C)C)C(C)C)cc3c(O[Si](C(C)C)(C(C)C)C(C)C)cc4c(=O)ccc(=O)c4c3c12)(C(C)C)C(C)C. The van der Waals surface area contributed by atoms with Gasteiger partial charge in [-0.05, 0) is 115 Å². The van der Waals surface area contributed by atoms with Crippen molar-refractivity contribution in [3.8, 4) is 23.0 Å². The van der Waals surface area contributed by atoms with Crippen LogP contribution in [-0.4, -0.2) is 33.3 Å². The van der Waals surface area contributed by atoms with Gasteiger partial charge in [-0.3, -0.25) is 19.2 Å². The fraction of sp³-hybridized carbons (Fsp3) is 0.581. The molecule has 8 nitrogen and oxygen atoms in total. The second kappa shape index (κ2) is 21.4. The molecule has 0 aliphatic rings. The summed E-state index contributed by atoms with van der Waals surface area (Å²) in [7, 11) is -11.3. The first kappa shape index (κ1) is 59.1. The van der Waals surface area contributed by atoms with Crippen LogP contribution in [0.15, 0.2) is 67.7 Å². The molecule has 0 heterocycles. The monoisotopic (exact) mass is 1080 g/mol. The lowest BCUT2D eigenvalue weighted by atomic mass is 9.88. The van der Waals surface area contributed by atoms with E-state index in [0.29, 0.717) is 55.3 Å². The molecule has 0 amide bonds. The third-order valence-corrected chi connectivity index (χ3v) is 42.2. The Hall–Kier alpha value is -4.11. The number of hydrogen-bond donors (Lipinski definition) is 0. The van der Waals surface area contributed by atoms with E-state index in [1.54, 1.807) is 0 Å². The first-order chi connectivity index (χ1) is 34.2. The third kappa shape index (κ3) is 9.18. The molecule has 6 rings (SSSR count). The molecule has 0 aliphatic heterocycles. The van der Waals surface area contributed by atoms with Gasteiger partial charge in [0.15, 0.2) is 21.7 Å². The number of fused-ring (bicyclic) bond motifs is 9. The summed E-state index contributed by atoms with van der Waals surface area (Å²) in [5.74, 6) is 2.21. The fourth-order valence-electron chi connectivity index (χ4n) is 15.4. The van der Waals surface area contributed by atoms with Crippen LogP contribution in [-0.2, 0) is 0 Å². The lowest BCUT2D eigenvalue weighted by Gasteiger charge is -2.44. The molecule has 12 heteroatoms. The summed E-state index contributed by atoms with van der Waals surface area (Å²) in [6.45, 7) is 54.2. The lowest BCUT2D eigenvalue weighted by Crippen LogP contribution is -2.51. The number of hydrogen-bond acceptors (Lipinski definition) is 8. The Kier molecular flexibility index (Phi) is 17.1. The molecule has 0 saturated carbocycles. The van der Waals surface area contributed by atoms with Crippen molar-refractivity contribution < 1.29 is 17.7 Å². The van der Waals surface area contributed by atoms with Gasteiger partial charge >= 0.3 is 0 Å². The molecule has 404 valence electrons. The van der Waals surface area contributed by atoms with Crippen molar-refractivity contribution in [2.45, 2.75) is 233 Å². The van der Waals surface area contributed by atoms with Gasteiger partial charge in [0.25, 0.3) is 33.3 Å². The molecule has 0 atom stereocenters. The summed E-state index contributed by atoms with van der Waals surface area (Å²) in [6, 6.07) is 13.3. The Morgan fingerprint density at radius 3 is 0.676 bits per heavy atom. The van der Waals surface area contributed by atoms with E-state index in [2.05, 4.69) is 178 Å². The highest BCUT2D eigenvalue weighted by molar-refractivity contribution is 6.80. The highest BCUT2D eigenvalue weighted by Crippen LogP contribution is 2.56. The van der Waals surface area contributed by atoms with Crippen molar-refractivity contribution in [1.29, 1.82) is 0 Å². The predicted octanol–water partition coefficient (Wildman–Crippen LogP) is 18.0. The van der Waals surface area contributed by atoms with E-state index in [1.165, 1.54) is 24.3 Å². The van der Waals surface area contributed by atoms with Gasteiger partial charge in [-0.15, -0.1) is 0 Å². The van der Waals surface area contributed by atoms with E-state index in [9.17, 15) is 9.59 Å². The summed E-state index contributed by atoms with van der Waals surface area (Å²) >= 11 is 0. The molecule has 0 fully saturated rings. The van der Waals surface area contributed by atoms with Crippen LogP contribution in [0, 0.1) is 0 Å². The molecule has 0 bridgehead atoms. The largest absolute Gasteiger partial charge is 0.542 e. The zero-order chi connectivity index (χ0) is 55.8. The summed E-state index contributed by atoms with van der Waals surface area (Å²) in [5.41, 5.74) is 0.732. The first-order valence-corrected chi connectivity index (χ1v) is 36.7. The van der Waals surface area contributed by atoms with Crippen LogP contribution in [0.2, 0.25) is 66.5 Å². The molecular weight excluding hydrogens is 985 g/mol. The Morgan fingerprint density at radius 2 is 0.446 bits per heavy atom. The highest BCUT2D eigenvalue weighted by atomic mass is 28.4. The average molecular weight is 1080 g/mol. The number of rotatable bonds is 20. The van der Waals surface area contributed by atoms with Crippen LogP contribution < -0.4 is 39.4 Å². The van der Waals surface area contributed by atoms with Gasteiger partial charge in [-0.2, -0.15) is 0 Å². The van der Waals surface area contributed by atoms with Gasteiger partial charge in [0.05, 0.1) is 5.39 Å². The van der Waals surface area contributed by atoms with Crippen molar-refractivity contribution in [2.24, 2.45) is 0 Å². The Morgan fingerprint density at radius 1 is 0.243 bits per heavy atom. The molecule has 0 N–H and O–H groups in total. The smallest absolute Gasteiger partial charge is 0.258 e. The Bertz CT molecular complexity index is 2980. The Balaban J connectivity index is 2.20. The highest BCUT2D eigenvalue weighted by Gasteiger charge is 2.52. The van der Waals surface area contributed by atoms with Crippen LogP contribution in [0.1, 0.15) is 166 Å². The van der Waals surface area contributed by atoms with Gasteiger partial charge in [0, 0.05) is 48.5 Å². The Labute approximate surface area is 447 Å². The quantitative estimate of drug-likeness (QED) is 0.0550. The minimum atomic E-state index is -2.85. The van der Waals surface area contributed by atoms with Crippen LogP contribution in [0.3, 0.4) is 0 Å². The summed E-state index contributed by atoms with van der Waals surface area (Å²) < 4.78 is 31.8. The molecule has 0 unspecified atom stereocenters. The zero-order valence-corrected chi connectivity index (χ0v) is 53.8. The van der Waals surface area contributed by atoms with Crippen molar-refractivity contribution in [2.75, 3.05) is 0 Å². The third-order valence-electron chi connectivity index (χ3n) is 18.2. The molecule has 0 radical (unpaired) electrons. The minimum Gasteiger partial charge on any atom is -0.542 e. The van der Waals surface area contributed by atoms with E-state index >= 15 is 9.59 Å². The minimum absolute atomic E-state index is 0.165. The van der Waals surface area contributed by atoms with Crippen LogP contribution in [0.5, 0.6) is 23.0 Å². The van der Waals surface area contributed by atoms with E-state index in [0.717, 1.165) is 0 Å². The zero-order valence-electron chi connectivity index (χ0n) is 49.8. The molecule has 0 saturated heterocycles. The summed E-state index contributed by atoms with van der Waals surface area (Å²) in [6.07, 6.45) is 0.